The van der Waals surface area contributed by atoms with E-state index >= 15 is 0 Å². The number of aromatic hydroxyl groups is 2. The first-order valence-electron chi connectivity index (χ1n) is 8.83. The molecule has 0 radical (unpaired) electrons. The lowest BCUT2D eigenvalue weighted by molar-refractivity contribution is 0.0991. The fraction of sp³-hybridized carbons (Fsp3) is 0.381. The zero-order valence-electron chi connectivity index (χ0n) is 15.1. The Kier molecular flexibility index (Phi) is 5.35. The van der Waals surface area contributed by atoms with Gasteiger partial charge in [-0.3, -0.25) is 4.79 Å². The first-order valence-corrected chi connectivity index (χ1v) is 8.83. The number of hydrogen-bond donors (Lipinski definition) is 2. The second-order valence-electron chi connectivity index (χ2n) is 6.70. The third-order valence-electron chi connectivity index (χ3n) is 5.08. The Morgan fingerprint density at radius 3 is 2.38 bits per heavy atom. The molecule has 1 aliphatic carbocycles. The maximum absolute atomic E-state index is 12.7. The minimum absolute atomic E-state index is 0.00772. The van der Waals surface area contributed by atoms with E-state index in [4.69, 9.17) is 9.47 Å². The smallest absolute Gasteiger partial charge is 0.167 e. The molecule has 3 rings (SSSR count). The number of ether oxygens (including phenoxy) is 2. The van der Waals surface area contributed by atoms with Gasteiger partial charge in [-0.15, -0.1) is 0 Å². The van der Waals surface area contributed by atoms with Gasteiger partial charge in [0, 0.05) is 17.5 Å². The number of ketones is 1. The number of benzene rings is 2. The lowest BCUT2D eigenvalue weighted by Crippen LogP contribution is -2.06. The second-order valence-corrected chi connectivity index (χ2v) is 6.70. The summed E-state index contributed by atoms with van der Waals surface area (Å²) >= 11 is 0. The van der Waals surface area contributed by atoms with Crippen LogP contribution in [0, 0.1) is 0 Å². The van der Waals surface area contributed by atoms with Gasteiger partial charge in [-0.2, -0.15) is 0 Å². The minimum Gasteiger partial charge on any atom is -0.504 e. The monoisotopic (exact) mass is 356 g/mol. The number of carbonyl (C=O) groups excluding carboxylic acids is 1. The number of phenols is 2. The summed E-state index contributed by atoms with van der Waals surface area (Å²) in [7, 11) is 2.95. The SMILES string of the molecule is COc1cc(C(=O)Cc2cc(C3CCCC3)cc(OC)c2O)ccc1O. The van der Waals surface area contributed by atoms with Crippen LogP contribution >= 0.6 is 0 Å². The Morgan fingerprint density at radius 2 is 1.73 bits per heavy atom. The number of hydrogen-bond acceptors (Lipinski definition) is 5. The molecule has 0 aliphatic heterocycles. The number of Topliss-reactive ketones (excluding diaryl/α,β-unsaturated/α-hetero) is 1. The number of methoxy groups -OCH3 is 2. The maximum atomic E-state index is 12.7. The Balaban J connectivity index is 1.90. The summed E-state index contributed by atoms with van der Waals surface area (Å²) in [5.41, 5.74) is 2.09. The van der Waals surface area contributed by atoms with Gasteiger partial charge in [0.2, 0.25) is 0 Å². The average molecular weight is 356 g/mol. The van der Waals surface area contributed by atoms with E-state index < -0.39 is 0 Å². The molecule has 0 unspecified atom stereocenters. The third-order valence-corrected chi connectivity index (χ3v) is 5.08. The second kappa shape index (κ2) is 7.68. The molecule has 26 heavy (non-hydrogen) atoms. The van der Waals surface area contributed by atoms with Crippen molar-refractivity contribution in [2.45, 2.75) is 38.0 Å². The Labute approximate surface area is 153 Å². The van der Waals surface area contributed by atoms with Gasteiger partial charge in [0.05, 0.1) is 14.2 Å². The summed E-state index contributed by atoms with van der Waals surface area (Å²) in [4.78, 5) is 12.7. The van der Waals surface area contributed by atoms with E-state index in [1.807, 2.05) is 12.1 Å². The number of phenolic OH excluding ortho intramolecular Hbond substituents is 2. The zero-order chi connectivity index (χ0) is 18.7. The van der Waals surface area contributed by atoms with Gasteiger partial charge in [-0.05, 0) is 48.6 Å². The molecule has 2 N–H and O–H groups in total. The summed E-state index contributed by atoms with van der Waals surface area (Å²) in [6, 6.07) is 8.29. The van der Waals surface area contributed by atoms with Crippen LogP contribution < -0.4 is 9.47 Å². The van der Waals surface area contributed by atoms with E-state index in [9.17, 15) is 15.0 Å². The number of rotatable bonds is 6. The van der Waals surface area contributed by atoms with Crippen LogP contribution in [0.3, 0.4) is 0 Å². The van der Waals surface area contributed by atoms with Gasteiger partial charge in [0.25, 0.3) is 0 Å². The molecule has 5 nitrogen and oxygen atoms in total. The van der Waals surface area contributed by atoms with Crippen molar-refractivity contribution in [3.8, 4) is 23.0 Å². The van der Waals surface area contributed by atoms with Crippen LogP contribution in [0.4, 0.5) is 0 Å². The lowest BCUT2D eigenvalue weighted by atomic mass is 9.93. The molecule has 0 saturated heterocycles. The maximum Gasteiger partial charge on any atom is 0.167 e. The van der Waals surface area contributed by atoms with Crippen molar-refractivity contribution >= 4 is 5.78 Å². The fourth-order valence-corrected chi connectivity index (χ4v) is 3.60. The van der Waals surface area contributed by atoms with E-state index in [0.29, 0.717) is 22.8 Å². The summed E-state index contributed by atoms with van der Waals surface area (Å²) < 4.78 is 10.4. The molecular formula is C21H24O5. The Morgan fingerprint density at radius 1 is 1.04 bits per heavy atom. The highest BCUT2D eigenvalue weighted by Crippen LogP contribution is 2.40. The van der Waals surface area contributed by atoms with Crippen LogP contribution in [0.15, 0.2) is 30.3 Å². The minimum atomic E-state index is -0.163. The van der Waals surface area contributed by atoms with Crippen molar-refractivity contribution in [2.75, 3.05) is 14.2 Å². The molecule has 1 saturated carbocycles. The Bertz CT molecular complexity index is 806. The van der Waals surface area contributed by atoms with Crippen LogP contribution in [-0.4, -0.2) is 30.2 Å². The predicted molar refractivity (Wildman–Crippen MR) is 98.6 cm³/mol. The van der Waals surface area contributed by atoms with Crippen molar-refractivity contribution in [3.05, 3.63) is 47.0 Å². The lowest BCUT2D eigenvalue weighted by Gasteiger charge is -2.16. The van der Waals surface area contributed by atoms with Crippen molar-refractivity contribution < 1.29 is 24.5 Å². The van der Waals surface area contributed by atoms with Crippen LogP contribution in [0.1, 0.15) is 53.1 Å². The predicted octanol–water partition coefficient (Wildman–Crippen LogP) is 4.20. The molecule has 0 bridgehead atoms. The molecule has 0 spiro atoms. The fourth-order valence-electron chi connectivity index (χ4n) is 3.60. The quantitative estimate of drug-likeness (QED) is 0.759. The molecule has 1 fully saturated rings. The average Bonchev–Trinajstić information content (AvgIpc) is 3.18. The third kappa shape index (κ3) is 3.62. The van der Waals surface area contributed by atoms with Gasteiger partial charge in [-0.25, -0.2) is 0 Å². The zero-order valence-corrected chi connectivity index (χ0v) is 15.1. The normalized spacial score (nSPS) is 14.4. The van der Waals surface area contributed by atoms with Crippen molar-refractivity contribution in [2.24, 2.45) is 0 Å². The van der Waals surface area contributed by atoms with E-state index in [-0.39, 0.29) is 29.5 Å². The summed E-state index contributed by atoms with van der Waals surface area (Å²) in [6.07, 6.45) is 4.70. The van der Waals surface area contributed by atoms with Gasteiger partial charge in [0.1, 0.15) is 0 Å². The molecule has 2 aromatic carbocycles. The van der Waals surface area contributed by atoms with Gasteiger partial charge < -0.3 is 19.7 Å². The highest BCUT2D eigenvalue weighted by Gasteiger charge is 2.22. The number of carbonyl (C=O) groups is 1. The molecule has 0 aromatic heterocycles. The van der Waals surface area contributed by atoms with Crippen molar-refractivity contribution in [1.29, 1.82) is 0 Å². The van der Waals surface area contributed by atoms with Crippen LogP contribution in [0.25, 0.3) is 0 Å². The molecule has 0 amide bonds. The first-order chi connectivity index (χ1) is 12.5. The highest BCUT2D eigenvalue weighted by molar-refractivity contribution is 5.98. The summed E-state index contributed by atoms with van der Waals surface area (Å²) in [6.45, 7) is 0. The Hall–Kier alpha value is -2.69. The molecule has 0 atom stereocenters. The molecular weight excluding hydrogens is 332 g/mol. The van der Waals surface area contributed by atoms with E-state index in [2.05, 4.69) is 0 Å². The van der Waals surface area contributed by atoms with E-state index in [1.54, 1.807) is 6.07 Å². The van der Waals surface area contributed by atoms with Gasteiger partial charge in [-0.1, -0.05) is 18.9 Å². The largest absolute Gasteiger partial charge is 0.504 e. The first kappa shape index (κ1) is 18.1. The molecule has 138 valence electrons. The molecule has 1 aliphatic rings. The van der Waals surface area contributed by atoms with Crippen LogP contribution in [0.5, 0.6) is 23.0 Å². The van der Waals surface area contributed by atoms with Gasteiger partial charge in [0.15, 0.2) is 28.8 Å². The van der Waals surface area contributed by atoms with Crippen molar-refractivity contribution in [1.82, 2.24) is 0 Å². The standard InChI is InChI=1S/C21H24O5/c1-25-19-11-14(7-8-17(19)22)18(23)10-16-9-15(13-5-3-4-6-13)12-20(26-2)21(16)24/h7-9,11-13,22,24H,3-6,10H2,1-2H3. The van der Waals surface area contributed by atoms with E-state index in [0.717, 1.165) is 18.4 Å². The van der Waals surface area contributed by atoms with Gasteiger partial charge >= 0.3 is 0 Å². The summed E-state index contributed by atoms with van der Waals surface area (Å²) in [5.74, 6) is 0.930. The molecule has 0 heterocycles. The topological polar surface area (TPSA) is 76.0 Å². The molecule has 2 aromatic rings. The molecule has 5 heteroatoms. The highest BCUT2D eigenvalue weighted by atomic mass is 16.5. The van der Waals surface area contributed by atoms with Crippen molar-refractivity contribution in [3.63, 3.8) is 0 Å². The van der Waals surface area contributed by atoms with E-state index in [1.165, 1.54) is 39.2 Å². The van der Waals surface area contributed by atoms with Crippen LogP contribution in [0.2, 0.25) is 0 Å². The summed E-state index contributed by atoms with van der Waals surface area (Å²) in [5, 5.41) is 20.1. The van der Waals surface area contributed by atoms with Crippen LogP contribution in [-0.2, 0) is 6.42 Å².